The Labute approximate surface area is 103 Å². The van der Waals surface area contributed by atoms with Crippen LogP contribution in [0.4, 0.5) is 5.82 Å². The number of methoxy groups -OCH3 is 1. The second kappa shape index (κ2) is 5.45. The van der Waals surface area contributed by atoms with Crippen LogP contribution in [0.3, 0.4) is 0 Å². The van der Waals surface area contributed by atoms with Gasteiger partial charge in [-0.05, 0) is 32.6 Å². The third-order valence-electron chi connectivity index (χ3n) is 3.68. The Morgan fingerprint density at radius 2 is 1.94 bits per heavy atom. The van der Waals surface area contributed by atoms with Gasteiger partial charge in [0.2, 0.25) is 0 Å². The number of anilines is 1. The molecule has 1 aliphatic carbocycles. The summed E-state index contributed by atoms with van der Waals surface area (Å²) < 4.78 is 5.40. The molecule has 2 rings (SSSR count). The van der Waals surface area contributed by atoms with Gasteiger partial charge in [-0.1, -0.05) is 0 Å². The molecule has 0 N–H and O–H groups in total. The van der Waals surface area contributed by atoms with E-state index in [4.69, 9.17) is 4.74 Å². The van der Waals surface area contributed by atoms with E-state index < -0.39 is 0 Å². The zero-order chi connectivity index (χ0) is 12.3. The third-order valence-corrected chi connectivity index (χ3v) is 3.68. The van der Waals surface area contributed by atoms with E-state index in [0.717, 1.165) is 24.4 Å². The molecular weight excluding hydrogens is 214 g/mol. The van der Waals surface area contributed by atoms with Crippen LogP contribution >= 0.6 is 0 Å². The quantitative estimate of drug-likeness (QED) is 0.805. The first-order chi connectivity index (χ1) is 8.20. The highest BCUT2D eigenvalue weighted by molar-refractivity contribution is 5.38. The molecule has 0 amide bonds. The lowest BCUT2D eigenvalue weighted by Crippen LogP contribution is -2.37. The van der Waals surface area contributed by atoms with Gasteiger partial charge in [-0.15, -0.1) is 0 Å². The van der Waals surface area contributed by atoms with Gasteiger partial charge in [0.25, 0.3) is 0 Å². The molecule has 1 fully saturated rings. The van der Waals surface area contributed by atoms with Crippen molar-refractivity contribution in [1.29, 1.82) is 0 Å². The van der Waals surface area contributed by atoms with E-state index in [1.807, 2.05) is 20.1 Å². The molecule has 0 aliphatic heterocycles. The van der Waals surface area contributed by atoms with Crippen LogP contribution in [0.5, 0.6) is 0 Å². The van der Waals surface area contributed by atoms with Gasteiger partial charge < -0.3 is 9.64 Å². The fourth-order valence-corrected chi connectivity index (χ4v) is 2.49. The highest BCUT2D eigenvalue weighted by Gasteiger charge is 2.24. The maximum absolute atomic E-state index is 5.40. The third kappa shape index (κ3) is 2.94. The van der Waals surface area contributed by atoms with E-state index in [1.54, 1.807) is 6.33 Å². The topological polar surface area (TPSA) is 38.2 Å². The Balaban J connectivity index is 1.99. The van der Waals surface area contributed by atoms with Crippen molar-refractivity contribution in [2.75, 3.05) is 19.1 Å². The lowest BCUT2D eigenvalue weighted by atomic mass is 9.92. The summed E-state index contributed by atoms with van der Waals surface area (Å²) >= 11 is 0. The summed E-state index contributed by atoms with van der Waals surface area (Å²) in [6, 6.07) is 2.62. The summed E-state index contributed by atoms with van der Waals surface area (Å²) in [7, 11) is 3.93. The summed E-state index contributed by atoms with van der Waals surface area (Å²) in [5.74, 6) is 1.03. The fraction of sp³-hybridized carbons (Fsp3) is 0.692. The molecule has 17 heavy (non-hydrogen) atoms. The average molecular weight is 235 g/mol. The van der Waals surface area contributed by atoms with Gasteiger partial charge >= 0.3 is 0 Å². The summed E-state index contributed by atoms with van der Waals surface area (Å²) in [5.41, 5.74) is 1.02. The molecule has 94 valence electrons. The SMILES string of the molecule is CO[C@H]1CC[C@@H](N(C)c2cc(C)ncn2)CC1. The van der Waals surface area contributed by atoms with E-state index in [9.17, 15) is 0 Å². The van der Waals surface area contributed by atoms with Gasteiger partial charge in [-0.25, -0.2) is 9.97 Å². The van der Waals surface area contributed by atoms with Crippen molar-refractivity contribution in [1.82, 2.24) is 9.97 Å². The minimum absolute atomic E-state index is 0.451. The van der Waals surface area contributed by atoms with Crippen LogP contribution in [-0.2, 0) is 4.74 Å². The fourth-order valence-electron chi connectivity index (χ4n) is 2.49. The molecule has 1 saturated carbocycles. The number of hydrogen-bond acceptors (Lipinski definition) is 4. The smallest absolute Gasteiger partial charge is 0.132 e. The van der Waals surface area contributed by atoms with Crippen molar-refractivity contribution >= 4 is 5.82 Å². The van der Waals surface area contributed by atoms with E-state index in [1.165, 1.54) is 12.8 Å². The molecule has 4 nitrogen and oxygen atoms in total. The first kappa shape index (κ1) is 12.3. The lowest BCUT2D eigenvalue weighted by Gasteiger charge is -2.34. The molecule has 0 aromatic carbocycles. The van der Waals surface area contributed by atoms with Crippen LogP contribution in [0.1, 0.15) is 31.4 Å². The van der Waals surface area contributed by atoms with Crippen molar-refractivity contribution in [3.8, 4) is 0 Å². The summed E-state index contributed by atoms with van der Waals surface area (Å²) in [5, 5.41) is 0. The standard InChI is InChI=1S/C13H21N3O/c1-10-8-13(15-9-14-10)16(2)11-4-6-12(17-3)7-5-11/h8-9,11-12H,4-7H2,1-3H3/t11-,12+. The second-order valence-corrected chi connectivity index (χ2v) is 4.79. The Kier molecular flexibility index (Phi) is 3.94. The summed E-state index contributed by atoms with van der Waals surface area (Å²) in [6.45, 7) is 2.00. The highest BCUT2D eigenvalue weighted by Crippen LogP contribution is 2.26. The van der Waals surface area contributed by atoms with Crippen LogP contribution < -0.4 is 4.90 Å². The van der Waals surface area contributed by atoms with Gasteiger partial charge in [0.1, 0.15) is 12.1 Å². The van der Waals surface area contributed by atoms with Crippen LogP contribution in [0.2, 0.25) is 0 Å². The van der Waals surface area contributed by atoms with Crippen LogP contribution in [0.25, 0.3) is 0 Å². The molecule has 0 atom stereocenters. The molecule has 1 aliphatic rings. The molecule has 0 bridgehead atoms. The van der Waals surface area contributed by atoms with Gasteiger partial charge in [0.05, 0.1) is 6.10 Å². The summed E-state index contributed by atoms with van der Waals surface area (Å²) in [4.78, 5) is 10.8. The first-order valence-corrected chi connectivity index (χ1v) is 6.25. The van der Waals surface area contributed by atoms with Gasteiger partial charge in [0, 0.05) is 32.0 Å². The van der Waals surface area contributed by atoms with E-state index in [-0.39, 0.29) is 0 Å². The van der Waals surface area contributed by atoms with E-state index in [2.05, 4.69) is 21.9 Å². The molecule has 0 radical (unpaired) electrons. The number of aryl methyl sites for hydroxylation is 1. The van der Waals surface area contributed by atoms with Crippen LogP contribution in [-0.4, -0.2) is 36.3 Å². The van der Waals surface area contributed by atoms with Gasteiger partial charge in [-0.3, -0.25) is 0 Å². The molecule has 1 heterocycles. The predicted molar refractivity (Wildman–Crippen MR) is 68.2 cm³/mol. The molecular formula is C13H21N3O. The Bertz CT molecular complexity index is 361. The Hall–Kier alpha value is -1.16. The van der Waals surface area contributed by atoms with Crippen LogP contribution in [0, 0.1) is 6.92 Å². The summed E-state index contributed by atoms with van der Waals surface area (Å²) in [6.07, 6.45) is 6.75. The van der Waals surface area contributed by atoms with Crippen molar-refractivity contribution in [3.63, 3.8) is 0 Å². The molecule has 4 heteroatoms. The number of ether oxygens (including phenoxy) is 1. The van der Waals surface area contributed by atoms with E-state index in [0.29, 0.717) is 12.1 Å². The van der Waals surface area contributed by atoms with Crippen molar-refractivity contribution in [2.24, 2.45) is 0 Å². The molecule has 0 spiro atoms. The maximum Gasteiger partial charge on any atom is 0.132 e. The Morgan fingerprint density at radius 1 is 1.24 bits per heavy atom. The Morgan fingerprint density at radius 3 is 2.53 bits per heavy atom. The number of nitrogens with zero attached hydrogens (tertiary/aromatic N) is 3. The van der Waals surface area contributed by atoms with Crippen molar-refractivity contribution in [2.45, 2.75) is 44.8 Å². The molecule has 1 aromatic rings. The minimum Gasteiger partial charge on any atom is -0.381 e. The number of rotatable bonds is 3. The number of hydrogen-bond donors (Lipinski definition) is 0. The first-order valence-electron chi connectivity index (χ1n) is 6.25. The number of aromatic nitrogens is 2. The van der Waals surface area contributed by atoms with Crippen molar-refractivity contribution < 1.29 is 4.74 Å². The van der Waals surface area contributed by atoms with E-state index >= 15 is 0 Å². The monoisotopic (exact) mass is 235 g/mol. The maximum atomic E-state index is 5.40. The average Bonchev–Trinajstić information content (AvgIpc) is 2.38. The van der Waals surface area contributed by atoms with Crippen molar-refractivity contribution in [3.05, 3.63) is 18.1 Å². The van der Waals surface area contributed by atoms with Crippen LogP contribution in [0.15, 0.2) is 12.4 Å². The molecule has 0 saturated heterocycles. The molecule has 0 unspecified atom stereocenters. The normalized spacial score (nSPS) is 24.6. The van der Waals surface area contributed by atoms with Gasteiger partial charge in [0.15, 0.2) is 0 Å². The van der Waals surface area contributed by atoms with Gasteiger partial charge in [-0.2, -0.15) is 0 Å². The zero-order valence-electron chi connectivity index (χ0n) is 10.9. The minimum atomic E-state index is 0.451. The largest absolute Gasteiger partial charge is 0.381 e. The lowest BCUT2D eigenvalue weighted by molar-refractivity contribution is 0.0659. The zero-order valence-corrected chi connectivity index (χ0v) is 10.9. The molecule has 1 aromatic heterocycles. The predicted octanol–water partition coefficient (Wildman–Crippen LogP) is 2.18. The second-order valence-electron chi connectivity index (χ2n) is 4.79. The highest BCUT2D eigenvalue weighted by atomic mass is 16.5.